The number of piperazine rings is 1. The topological polar surface area (TPSA) is 120 Å². The van der Waals surface area contributed by atoms with Gasteiger partial charge in [-0.05, 0) is 38.4 Å². The maximum Gasteiger partial charge on any atom is 0.306 e. The van der Waals surface area contributed by atoms with E-state index in [1.807, 2.05) is 26.0 Å². The van der Waals surface area contributed by atoms with E-state index in [0.29, 0.717) is 61.7 Å². The van der Waals surface area contributed by atoms with Gasteiger partial charge < -0.3 is 34.4 Å². The lowest BCUT2D eigenvalue weighted by molar-refractivity contribution is -0.142. The number of benzene rings is 2. The quantitative estimate of drug-likeness (QED) is 0.167. The Balaban J connectivity index is 0.000000498. The highest BCUT2D eigenvalue weighted by molar-refractivity contribution is 6.37. The van der Waals surface area contributed by atoms with Crippen LogP contribution in [0.3, 0.4) is 0 Å². The Morgan fingerprint density at radius 2 is 1.70 bits per heavy atom. The molecule has 250 valence electrons. The molecule has 1 fully saturated rings. The third-order valence-corrected chi connectivity index (χ3v) is 8.48. The summed E-state index contributed by atoms with van der Waals surface area (Å²) in [6, 6.07) is 9.12. The van der Waals surface area contributed by atoms with Crippen molar-refractivity contribution in [2.75, 3.05) is 65.9 Å². The fourth-order valence-electron chi connectivity index (χ4n) is 5.24. The zero-order chi connectivity index (χ0) is 33.6. The molecule has 0 unspecified atom stereocenters. The molecule has 0 saturated carbocycles. The number of pyridine rings is 1. The molecule has 0 atom stereocenters. The first kappa shape index (κ1) is 37.0. The van der Waals surface area contributed by atoms with Crippen LogP contribution in [0.2, 0.25) is 10.0 Å². The summed E-state index contributed by atoms with van der Waals surface area (Å²) in [5.74, 6) is 0.892. The van der Waals surface area contributed by atoms with Crippen LogP contribution in [0, 0.1) is 17.2 Å². The summed E-state index contributed by atoms with van der Waals surface area (Å²) in [5.41, 5.74) is 2.11. The third kappa shape index (κ3) is 10.3. The summed E-state index contributed by atoms with van der Waals surface area (Å²) >= 11 is 12.6. The first-order valence-electron chi connectivity index (χ1n) is 15.6. The van der Waals surface area contributed by atoms with Gasteiger partial charge in [0, 0.05) is 56.4 Å². The summed E-state index contributed by atoms with van der Waals surface area (Å²) < 4.78 is 17.0. The van der Waals surface area contributed by atoms with Crippen LogP contribution in [0.25, 0.3) is 10.9 Å². The number of rotatable bonds is 14. The second-order valence-corrected chi connectivity index (χ2v) is 12.0. The Labute approximate surface area is 282 Å². The highest BCUT2D eigenvalue weighted by Gasteiger charge is 2.18. The molecule has 0 amide bonds. The van der Waals surface area contributed by atoms with Gasteiger partial charge in [-0.1, -0.05) is 49.9 Å². The average molecular weight is 675 g/mol. The normalized spacial score (nSPS) is 13.5. The monoisotopic (exact) mass is 673 g/mol. The van der Waals surface area contributed by atoms with E-state index >= 15 is 0 Å². The molecule has 10 nitrogen and oxygen atoms in total. The van der Waals surface area contributed by atoms with Crippen LogP contribution >= 0.6 is 23.2 Å². The Kier molecular flexibility index (Phi) is 15.0. The van der Waals surface area contributed by atoms with Crippen molar-refractivity contribution >= 4 is 51.4 Å². The molecule has 1 aliphatic rings. The van der Waals surface area contributed by atoms with E-state index in [1.54, 1.807) is 19.2 Å². The molecule has 1 saturated heterocycles. The van der Waals surface area contributed by atoms with Crippen molar-refractivity contribution in [3.05, 3.63) is 46.1 Å². The van der Waals surface area contributed by atoms with Gasteiger partial charge in [-0.15, -0.1) is 0 Å². The van der Waals surface area contributed by atoms with Gasteiger partial charge in [0.05, 0.1) is 59.2 Å². The maximum absolute atomic E-state index is 10.5. The third-order valence-electron chi connectivity index (χ3n) is 7.87. The average Bonchev–Trinajstić information content (AvgIpc) is 3.05. The zero-order valence-electron chi connectivity index (χ0n) is 27.4. The molecular formula is C34H45Cl2N5O5. The highest BCUT2D eigenvalue weighted by Crippen LogP contribution is 2.40. The fraction of sp³-hybridized carbons (Fsp3) is 0.500. The van der Waals surface area contributed by atoms with E-state index in [9.17, 15) is 10.1 Å². The van der Waals surface area contributed by atoms with E-state index in [1.165, 1.54) is 13.3 Å². The summed E-state index contributed by atoms with van der Waals surface area (Å²) in [4.78, 5) is 19.8. The minimum absolute atomic E-state index is 0.102. The van der Waals surface area contributed by atoms with Crippen LogP contribution in [0.4, 0.5) is 11.4 Å². The smallest absolute Gasteiger partial charge is 0.306 e. The molecule has 0 radical (unpaired) electrons. The first-order chi connectivity index (χ1) is 22.1. The molecule has 2 N–H and O–H groups in total. The van der Waals surface area contributed by atoms with Gasteiger partial charge >= 0.3 is 5.97 Å². The van der Waals surface area contributed by atoms with Crippen molar-refractivity contribution in [2.24, 2.45) is 5.92 Å². The van der Waals surface area contributed by atoms with Gasteiger partial charge in [-0.25, -0.2) is 0 Å². The molecule has 3 aromatic rings. The molecule has 0 aliphatic carbocycles. The van der Waals surface area contributed by atoms with Crippen molar-refractivity contribution < 1.29 is 24.1 Å². The van der Waals surface area contributed by atoms with Crippen LogP contribution in [0.1, 0.15) is 51.5 Å². The Morgan fingerprint density at radius 1 is 1.02 bits per heavy atom. The van der Waals surface area contributed by atoms with Gasteiger partial charge in [0.1, 0.15) is 11.8 Å². The van der Waals surface area contributed by atoms with Crippen LogP contribution in [0.5, 0.6) is 17.2 Å². The molecule has 1 aliphatic heterocycles. The van der Waals surface area contributed by atoms with Crippen molar-refractivity contribution in [2.45, 2.75) is 46.0 Å². The molecule has 1 aromatic heterocycles. The summed E-state index contributed by atoms with van der Waals surface area (Å²) in [6.07, 6.45) is 6.02. The lowest BCUT2D eigenvalue weighted by atomic mass is 9.99. The molecule has 0 bridgehead atoms. The number of carbonyl (C=O) groups is 1. The molecular weight excluding hydrogens is 629 g/mol. The number of nitriles is 1. The largest absolute Gasteiger partial charge is 0.495 e. The number of hydrogen-bond donors (Lipinski definition) is 2. The number of ether oxygens (including phenoxy) is 3. The van der Waals surface area contributed by atoms with Crippen LogP contribution in [0.15, 0.2) is 30.5 Å². The molecule has 12 heteroatoms. The molecule has 4 rings (SSSR count). The highest BCUT2D eigenvalue weighted by atomic mass is 35.5. The Morgan fingerprint density at radius 3 is 2.28 bits per heavy atom. The zero-order valence-corrected chi connectivity index (χ0v) is 28.9. The van der Waals surface area contributed by atoms with Gasteiger partial charge in [-0.3, -0.25) is 9.78 Å². The minimum Gasteiger partial charge on any atom is -0.495 e. The van der Waals surface area contributed by atoms with Gasteiger partial charge in [-0.2, -0.15) is 5.26 Å². The molecule has 2 aromatic carbocycles. The van der Waals surface area contributed by atoms with Crippen molar-refractivity contribution in [3.63, 3.8) is 0 Å². The van der Waals surface area contributed by atoms with Crippen molar-refractivity contribution in [1.82, 2.24) is 14.8 Å². The number of aliphatic carboxylic acids is 1. The Hall–Kier alpha value is -3.49. The van der Waals surface area contributed by atoms with Crippen LogP contribution < -0.4 is 19.5 Å². The van der Waals surface area contributed by atoms with Gasteiger partial charge in [0.15, 0.2) is 11.5 Å². The van der Waals surface area contributed by atoms with Gasteiger partial charge in [0.2, 0.25) is 0 Å². The molecule has 0 spiro atoms. The summed E-state index contributed by atoms with van der Waals surface area (Å²) in [5, 5.41) is 23.1. The number of carboxylic acids is 1. The number of fused-ring (bicyclic) bond motifs is 1. The second kappa shape index (κ2) is 18.6. The first-order valence-corrected chi connectivity index (χ1v) is 16.4. The maximum atomic E-state index is 10.5. The predicted octanol–water partition coefficient (Wildman–Crippen LogP) is 7.48. The fourth-order valence-corrected chi connectivity index (χ4v) is 5.75. The number of halogens is 2. The Bertz CT molecular complexity index is 1490. The number of anilines is 2. The summed E-state index contributed by atoms with van der Waals surface area (Å²) in [7, 11) is 5.27. The van der Waals surface area contributed by atoms with E-state index in [0.717, 1.165) is 64.8 Å². The van der Waals surface area contributed by atoms with E-state index < -0.39 is 5.97 Å². The van der Waals surface area contributed by atoms with E-state index in [-0.39, 0.29) is 5.92 Å². The van der Waals surface area contributed by atoms with Crippen molar-refractivity contribution in [1.29, 1.82) is 5.26 Å². The number of nitrogens with zero attached hydrogens (tertiary/aromatic N) is 4. The molecule has 46 heavy (non-hydrogen) atoms. The number of carboxylic acid groups (broad SMARTS) is 1. The van der Waals surface area contributed by atoms with E-state index in [2.05, 4.69) is 33.2 Å². The number of nitrogens with one attached hydrogen (secondary N) is 1. The SMILES string of the molecule is CCCC(CCC)C(=O)O.COc1cc(Nc2c(C#N)cnc3cc(OCCCN4CCN(C)CC4)c(OC)cc23)c(Cl)cc1Cl. The number of likely N-dealkylation sites (N-methyl/N-ethyl adjacent to an activating group) is 1. The second-order valence-electron chi connectivity index (χ2n) is 11.2. The van der Waals surface area contributed by atoms with Crippen LogP contribution in [-0.4, -0.2) is 86.5 Å². The lowest BCUT2D eigenvalue weighted by Crippen LogP contribution is -2.44. The minimum atomic E-state index is -0.635. The standard InChI is InChI=1S/C26H29Cl2N5O3.C8H16O2/c1-32-6-8-33(9-7-32)5-4-10-36-25-13-21-18(11-24(25)35-3)26(17(15-29)16-30-21)31-22-14-23(34-2)20(28)12-19(22)27;1-3-5-7(6-4-2)8(9)10/h11-14,16H,4-10H2,1-3H3,(H,30,31);7H,3-6H2,1-2H3,(H,9,10). The number of hydrogen-bond acceptors (Lipinski definition) is 9. The lowest BCUT2D eigenvalue weighted by Gasteiger charge is -2.32. The van der Waals surface area contributed by atoms with Crippen LogP contribution in [-0.2, 0) is 4.79 Å². The van der Waals surface area contributed by atoms with Gasteiger partial charge in [0.25, 0.3) is 0 Å². The number of methoxy groups -OCH3 is 2. The van der Waals surface area contributed by atoms with Crippen molar-refractivity contribution in [3.8, 4) is 23.3 Å². The summed E-state index contributed by atoms with van der Waals surface area (Å²) in [6.45, 7) is 9.96. The molecule has 2 heterocycles. The van der Waals surface area contributed by atoms with E-state index in [4.69, 9.17) is 42.5 Å². The number of aromatic nitrogens is 1. The predicted molar refractivity (Wildman–Crippen MR) is 184 cm³/mol.